The molecule has 1 fully saturated rings. The van der Waals surface area contributed by atoms with Crippen molar-refractivity contribution in [3.05, 3.63) is 77.0 Å². The Kier molecular flexibility index (Phi) is 9.61. The SMILES string of the molecule is CN1CCN(C(=O)CCOC2c3ccccc3C(=O)N2c2ccc3ccc(Cl)nc3n2)CC1.O=C(O)C=CC(=O)O. The zero-order chi connectivity index (χ0) is 29.5. The molecule has 2 aliphatic rings. The van der Waals surface area contributed by atoms with Crippen molar-refractivity contribution in [2.45, 2.75) is 12.6 Å². The number of anilines is 1. The van der Waals surface area contributed by atoms with E-state index in [9.17, 15) is 19.2 Å². The normalized spacial score (nSPS) is 16.9. The first-order valence-electron chi connectivity index (χ1n) is 12.7. The van der Waals surface area contributed by atoms with E-state index in [2.05, 4.69) is 21.9 Å². The molecule has 2 aliphatic heterocycles. The summed E-state index contributed by atoms with van der Waals surface area (Å²) in [6, 6.07) is 14.5. The highest BCUT2D eigenvalue weighted by molar-refractivity contribution is 6.29. The number of nitrogens with zero attached hydrogens (tertiary/aromatic N) is 5. The number of hydrogen-bond donors (Lipinski definition) is 2. The van der Waals surface area contributed by atoms with E-state index in [0.29, 0.717) is 34.3 Å². The molecule has 12 nitrogen and oxygen atoms in total. The van der Waals surface area contributed by atoms with Gasteiger partial charge in [-0.05, 0) is 37.4 Å². The molecule has 2 N–H and O–H groups in total. The summed E-state index contributed by atoms with van der Waals surface area (Å²) in [5.41, 5.74) is 1.78. The minimum absolute atomic E-state index is 0.0648. The van der Waals surface area contributed by atoms with Gasteiger partial charge in [0.1, 0.15) is 11.0 Å². The lowest BCUT2D eigenvalue weighted by atomic mass is 10.1. The molecule has 1 saturated heterocycles. The second kappa shape index (κ2) is 13.3. The molecule has 1 aromatic carbocycles. The van der Waals surface area contributed by atoms with Crippen LogP contribution in [0.5, 0.6) is 0 Å². The lowest BCUT2D eigenvalue weighted by Crippen LogP contribution is -2.47. The maximum Gasteiger partial charge on any atom is 0.328 e. The summed E-state index contributed by atoms with van der Waals surface area (Å²) < 4.78 is 6.15. The van der Waals surface area contributed by atoms with Gasteiger partial charge in [-0.25, -0.2) is 19.6 Å². The number of halogens is 1. The van der Waals surface area contributed by atoms with Crippen LogP contribution in [0.4, 0.5) is 5.82 Å². The number of fused-ring (bicyclic) bond motifs is 2. The van der Waals surface area contributed by atoms with Crippen LogP contribution in [-0.4, -0.2) is 93.6 Å². The number of aromatic nitrogens is 2. The molecule has 13 heteroatoms. The third-order valence-corrected chi connectivity index (χ3v) is 6.69. The van der Waals surface area contributed by atoms with Crippen molar-refractivity contribution in [3.63, 3.8) is 0 Å². The lowest BCUT2D eigenvalue weighted by Gasteiger charge is -2.32. The fourth-order valence-electron chi connectivity index (χ4n) is 4.39. The first kappa shape index (κ1) is 29.6. The smallest absolute Gasteiger partial charge is 0.328 e. The van der Waals surface area contributed by atoms with E-state index in [-0.39, 0.29) is 24.8 Å². The summed E-state index contributed by atoms with van der Waals surface area (Å²) >= 11 is 6.04. The molecular weight excluding hydrogens is 554 g/mol. The van der Waals surface area contributed by atoms with Gasteiger partial charge in [-0.2, -0.15) is 0 Å². The highest BCUT2D eigenvalue weighted by Gasteiger charge is 2.39. The second-order valence-corrected chi connectivity index (χ2v) is 9.67. The number of pyridine rings is 2. The topological polar surface area (TPSA) is 153 Å². The van der Waals surface area contributed by atoms with Gasteiger partial charge in [0.15, 0.2) is 11.9 Å². The molecule has 41 heavy (non-hydrogen) atoms. The zero-order valence-corrected chi connectivity index (χ0v) is 22.9. The van der Waals surface area contributed by atoms with E-state index < -0.39 is 18.2 Å². The maximum atomic E-state index is 13.3. The van der Waals surface area contributed by atoms with Crippen molar-refractivity contribution in [1.82, 2.24) is 19.8 Å². The van der Waals surface area contributed by atoms with Gasteiger partial charge >= 0.3 is 11.9 Å². The van der Waals surface area contributed by atoms with Crippen LogP contribution >= 0.6 is 11.6 Å². The molecule has 4 heterocycles. The van der Waals surface area contributed by atoms with Crippen LogP contribution in [-0.2, 0) is 19.1 Å². The Morgan fingerprint density at radius 1 is 0.976 bits per heavy atom. The van der Waals surface area contributed by atoms with Crippen molar-refractivity contribution < 1.29 is 34.1 Å². The third kappa shape index (κ3) is 7.42. The quantitative estimate of drug-likeness (QED) is 0.314. The predicted molar refractivity (Wildman–Crippen MR) is 150 cm³/mol. The number of hydrogen-bond acceptors (Lipinski definition) is 8. The van der Waals surface area contributed by atoms with Crippen LogP contribution in [0, 0.1) is 0 Å². The Balaban J connectivity index is 0.000000426. The van der Waals surface area contributed by atoms with E-state index in [1.165, 1.54) is 4.90 Å². The summed E-state index contributed by atoms with van der Waals surface area (Å²) in [5.74, 6) is -2.22. The molecule has 2 amide bonds. The predicted octanol–water partition coefficient (Wildman–Crippen LogP) is 2.83. The van der Waals surface area contributed by atoms with Gasteiger partial charge in [0, 0.05) is 54.8 Å². The Morgan fingerprint density at radius 3 is 2.32 bits per heavy atom. The van der Waals surface area contributed by atoms with Gasteiger partial charge in [-0.15, -0.1) is 0 Å². The number of piperazine rings is 1. The number of carboxylic acids is 2. The second-order valence-electron chi connectivity index (χ2n) is 9.28. The number of carbonyl (C=O) groups is 4. The fraction of sp³-hybridized carbons (Fsp3) is 0.286. The molecule has 214 valence electrons. The van der Waals surface area contributed by atoms with Gasteiger partial charge in [0.25, 0.3) is 5.91 Å². The number of rotatable bonds is 7. The molecule has 1 atom stereocenters. The standard InChI is InChI=1S/C24H24ClN5O3.C4H4O4/c1-28-11-13-29(14-12-28)21(31)10-15-33-24-18-5-3-2-4-17(18)23(32)30(24)20-9-7-16-6-8-19(25)26-22(16)27-20;5-3(6)1-2-4(7)8/h2-9,24H,10-15H2,1H3;1-2H,(H,5,6)(H,7,8). The van der Waals surface area contributed by atoms with Crippen LogP contribution in [0.1, 0.15) is 28.6 Å². The molecule has 5 rings (SSSR count). The minimum Gasteiger partial charge on any atom is -0.478 e. The Bertz CT molecular complexity index is 1470. The molecule has 0 radical (unpaired) electrons. The summed E-state index contributed by atoms with van der Waals surface area (Å²) in [6.07, 6.45) is 0.704. The highest BCUT2D eigenvalue weighted by Crippen LogP contribution is 2.38. The van der Waals surface area contributed by atoms with Crippen LogP contribution < -0.4 is 4.90 Å². The number of carboxylic acid groups (broad SMARTS) is 2. The Morgan fingerprint density at radius 2 is 1.63 bits per heavy atom. The van der Waals surface area contributed by atoms with Crippen molar-refractivity contribution >= 4 is 52.2 Å². The van der Waals surface area contributed by atoms with Crippen molar-refractivity contribution in [2.24, 2.45) is 0 Å². The van der Waals surface area contributed by atoms with Crippen molar-refractivity contribution in [3.8, 4) is 0 Å². The number of likely N-dealkylation sites (N-methyl/N-ethyl adjacent to an activating group) is 1. The molecule has 0 spiro atoms. The van der Waals surface area contributed by atoms with E-state index in [0.717, 1.165) is 37.1 Å². The van der Waals surface area contributed by atoms with Gasteiger partial charge < -0.3 is 24.7 Å². The first-order valence-corrected chi connectivity index (χ1v) is 13.1. The Labute approximate surface area is 240 Å². The third-order valence-electron chi connectivity index (χ3n) is 6.48. The van der Waals surface area contributed by atoms with Gasteiger partial charge in [0.2, 0.25) is 5.91 Å². The van der Waals surface area contributed by atoms with Crippen LogP contribution in [0.3, 0.4) is 0 Å². The van der Waals surface area contributed by atoms with Crippen molar-refractivity contribution in [2.75, 3.05) is 44.7 Å². The largest absolute Gasteiger partial charge is 0.478 e. The summed E-state index contributed by atoms with van der Waals surface area (Å²) in [4.78, 5) is 59.4. The number of amides is 2. The van der Waals surface area contributed by atoms with Crippen LogP contribution in [0.2, 0.25) is 5.15 Å². The molecule has 3 aromatic rings. The van der Waals surface area contributed by atoms with Gasteiger partial charge in [-0.3, -0.25) is 14.5 Å². The first-order chi connectivity index (χ1) is 19.6. The molecule has 0 aliphatic carbocycles. The maximum absolute atomic E-state index is 13.3. The van der Waals surface area contributed by atoms with Gasteiger partial charge in [-0.1, -0.05) is 29.8 Å². The Hall–Kier alpha value is -4.39. The molecule has 0 bridgehead atoms. The average Bonchev–Trinajstić information content (AvgIpc) is 3.23. The lowest BCUT2D eigenvalue weighted by molar-refractivity contribution is -0.134. The van der Waals surface area contributed by atoms with E-state index >= 15 is 0 Å². The number of aliphatic carboxylic acids is 2. The number of ether oxygens (including phenoxy) is 1. The number of benzene rings is 1. The zero-order valence-electron chi connectivity index (χ0n) is 22.1. The minimum atomic E-state index is -1.26. The van der Waals surface area contributed by atoms with Crippen molar-refractivity contribution in [1.29, 1.82) is 0 Å². The van der Waals surface area contributed by atoms with Crippen LogP contribution in [0.25, 0.3) is 11.0 Å². The highest BCUT2D eigenvalue weighted by atomic mass is 35.5. The summed E-state index contributed by atoms with van der Waals surface area (Å²) in [5, 5.41) is 16.8. The monoisotopic (exact) mass is 581 g/mol. The molecule has 0 saturated carbocycles. The van der Waals surface area contributed by atoms with E-state index in [1.54, 1.807) is 18.2 Å². The summed E-state index contributed by atoms with van der Waals surface area (Å²) in [7, 11) is 2.05. The van der Waals surface area contributed by atoms with Crippen LogP contribution in [0.15, 0.2) is 60.7 Å². The fourth-order valence-corrected chi connectivity index (χ4v) is 4.53. The number of carbonyl (C=O) groups excluding carboxylic acids is 2. The average molecular weight is 582 g/mol. The molecule has 2 aromatic heterocycles. The molecule has 1 unspecified atom stereocenters. The van der Waals surface area contributed by atoms with E-state index in [1.807, 2.05) is 35.2 Å². The molecular formula is C28H28ClN5O7. The van der Waals surface area contributed by atoms with E-state index in [4.69, 9.17) is 26.6 Å². The van der Waals surface area contributed by atoms with Gasteiger partial charge in [0.05, 0.1) is 13.0 Å². The summed E-state index contributed by atoms with van der Waals surface area (Å²) in [6.45, 7) is 3.39.